The monoisotopic (exact) mass is 332 g/mol. The zero-order valence-electron chi connectivity index (χ0n) is 12.2. The molecule has 2 aromatic rings. The fraction of sp³-hybridized carbons (Fsp3) is 0.294. The smallest absolute Gasteiger partial charge is 0.0713 e. The van der Waals surface area contributed by atoms with E-state index in [1.807, 2.05) is 6.07 Å². The molecule has 1 atom stereocenters. The molecule has 0 radical (unpaired) electrons. The van der Waals surface area contributed by atoms with Crippen LogP contribution in [0.3, 0.4) is 0 Å². The van der Waals surface area contributed by atoms with Gasteiger partial charge in [-0.25, -0.2) is 5.43 Å². The summed E-state index contributed by atoms with van der Waals surface area (Å²) in [6, 6.07) is 14.9. The molecule has 0 aliphatic heterocycles. The van der Waals surface area contributed by atoms with Crippen molar-refractivity contribution in [1.29, 1.82) is 0 Å². The molecule has 0 aliphatic carbocycles. The van der Waals surface area contributed by atoms with Crippen molar-refractivity contribution in [3.63, 3.8) is 0 Å². The van der Waals surface area contributed by atoms with Gasteiger partial charge in [0.05, 0.1) is 6.04 Å². The zero-order valence-corrected chi connectivity index (χ0v) is 13.7. The lowest BCUT2D eigenvalue weighted by Gasteiger charge is -2.20. The Hall–Kier alpha value is -1.16. The molecule has 2 nitrogen and oxygen atoms in total. The molecule has 3 heteroatoms. The molecule has 20 heavy (non-hydrogen) atoms. The van der Waals surface area contributed by atoms with E-state index in [1.165, 1.54) is 22.3 Å². The number of nitrogens with two attached hydrogens (primary N) is 1. The highest BCUT2D eigenvalue weighted by atomic mass is 79.9. The summed E-state index contributed by atoms with van der Waals surface area (Å²) in [7, 11) is 0. The lowest BCUT2D eigenvalue weighted by atomic mass is 9.93. The van der Waals surface area contributed by atoms with Crippen LogP contribution in [0.25, 0.3) is 0 Å². The molecule has 3 N–H and O–H groups in total. The Labute approximate surface area is 129 Å². The van der Waals surface area contributed by atoms with Crippen LogP contribution in [0.4, 0.5) is 0 Å². The highest BCUT2D eigenvalue weighted by Crippen LogP contribution is 2.28. The van der Waals surface area contributed by atoms with Crippen molar-refractivity contribution in [3.05, 3.63) is 69.2 Å². The Bertz CT molecular complexity index is 576. The maximum atomic E-state index is 5.79. The minimum atomic E-state index is 0.00807. The molecule has 0 saturated heterocycles. The molecular weight excluding hydrogens is 312 g/mol. The van der Waals surface area contributed by atoms with Gasteiger partial charge >= 0.3 is 0 Å². The molecule has 0 saturated carbocycles. The second-order valence-corrected chi connectivity index (χ2v) is 6.34. The third-order valence-electron chi connectivity index (χ3n) is 3.66. The van der Waals surface area contributed by atoms with E-state index in [0.717, 1.165) is 4.47 Å². The molecule has 0 fully saturated rings. The first kappa shape index (κ1) is 15.2. The van der Waals surface area contributed by atoms with E-state index < -0.39 is 0 Å². The molecule has 2 rings (SSSR count). The van der Waals surface area contributed by atoms with Crippen molar-refractivity contribution in [2.45, 2.75) is 32.7 Å². The van der Waals surface area contributed by atoms with E-state index in [-0.39, 0.29) is 6.04 Å². The standard InChI is InChI=1S/C17H21BrN2/c1-11(2)13-5-7-14(8-6-13)17(20-19)16-10-15(18)9-4-12(16)3/h4-11,17,20H,19H2,1-3H3. The van der Waals surface area contributed by atoms with Gasteiger partial charge < -0.3 is 0 Å². The number of benzene rings is 2. The Kier molecular flexibility index (Phi) is 4.97. The third kappa shape index (κ3) is 3.29. The van der Waals surface area contributed by atoms with E-state index in [0.29, 0.717) is 5.92 Å². The quantitative estimate of drug-likeness (QED) is 0.641. The van der Waals surface area contributed by atoms with Crippen LogP contribution in [0.15, 0.2) is 46.9 Å². The average molecular weight is 333 g/mol. The first-order chi connectivity index (χ1) is 9.52. The van der Waals surface area contributed by atoms with Gasteiger partial charge in [-0.2, -0.15) is 0 Å². The summed E-state index contributed by atoms with van der Waals surface area (Å²) >= 11 is 3.53. The third-order valence-corrected chi connectivity index (χ3v) is 4.15. The topological polar surface area (TPSA) is 38.0 Å². The van der Waals surface area contributed by atoms with Crippen molar-refractivity contribution in [1.82, 2.24) is 5.43 Å². The van der Waals surface area contributed by atoms with Crippen LogP contribution in [-0.2, 0) is 0 Å². The lowest BCUT2D eigenvalue weighted by molar-refractivity contribution is 0.633. The number of hydrogen-bond donors (Lipinski definition) is 2. The van der Waals surface area contributed by atoms with E-state index in [1.54, 1.807) is 0 Å². The molecule has 0 bridgehead atoms. The van der Waals surface area contributed by atoms with Gasteiger partial charge in [-0.15, -0.1) is 0 Å². The fourth-order valence-corrected chi connectivity index (χ4v) is 2.74. The van der Waals surface area contributed by atoms with E-state index in [2.05, 4.69) is 78.5 Å². The summed E-state index contributed by atoms with van der Waals surface area (Å²) in [5.41, 5.74) is 7.87. The second kappa shape index (κ2) is 6.53. The van der Waals surface area contributed by atoms with Crippen LogP contribution in [0.2, 0.25) is 0 Å². The molecule has 0 spiro atoms. The predicted octanol–water partition coefficient (Wildman–Crippen LogP) is 4.43. The largest absolute Gasteiger partial charge is 0.271 e. The van der Waals surface area contributed by atoms with Crippen LogP contribution in [0.1, 0.15) is 48.1 Å². The summed E-state index contributed by atoms with van der Waals surface area (Å²) in [5, 5.41) is 0. The summed E-state index contributed by atoms with van der Waals surface area (Å²) in [4.78, 5) is 0. The van der Waals surface area contributed by atoms with Crippen LogP contribution < -0.4 is 11.3 Å². The van der Waals surface area contributed by atoms with Gasteiger partial charge in [0.2, 0.25) is 0 Å². The van der Waals surface area contributed by atoms with Gasteiger partial charge in [-0.05, 0) is 47.2 Å². The molecule has 0 heterocycles. The van der Waals surface area contributed by atoms with Crippen molar-refractivity contribution in [2.75, 3.05) is 0 Å². The van der Waals surface area contributed by atoms with Crippen molar-refractivity contribution < 1.29 is 0 Å². The van der Waals surface area contributed by atoms with Crippen LogP contribution in [0, 0.1) is 6.92 Å². The Morgan fingerprint density at radius 3 is 2.15 bits per heavy atom. The average Bonchev–Trinajstić information content (AvgIpc) is 2.44. The predicted molar refractivity (Wildman–Crippen MR) is 88.6 cm³/mol. The van der Waals surface area contributed by atoms with Crippen molar-refractivity contribution in [3.8, 4) is 0 Å². The summed E-state index contributed by atoms with van der Waals surface area (Å²) < 4.78 is 1.07. The first-order valence-electron chi connectivity index (χ1n) is 6.85. The fourth-order valence-electron chi connectivity index (χ4n) is 2.36. The van der Waals surface area contributed by atoms with E-state index >= 15 is 0 Å². The minimum Gasteiger partial charge on any atom is -0.271 e. The number of hydrogen-bond acceptors (Lipinski definition) is 2. The van der Waals surface area contributed by atoms with Gasteiger partial charge in [0.25, 0.3) is 0 Å². The summed E-state index contributed by atoms with van der Waals surface area (Å²) in [5.74, 6) is 6.33. The number of rotatable bonds is 4. The number of hydrazine groups is 1. The molecule has 0 aromatic heterocycles. The number of aryl methyl sites for hydroxylation is 1. The first-order valence-corrected chi connectivity index (χ1v) is 7.64. The van der Waals surface area contributed by atoms with Crippen LogP contribution in [0.5, 0.6) is 0 Å². The molecule has 106 valence electrons. The Balaban J connectivity index is 2.39. The van der Waals surface area contributed by atoms with E-state index in [9.17, 15) is 0 Å². The van der Waals surface area contributed by atoms with Gasteiger partial charge in [0.1, 0.15) is 0 Å². The van der Waals surface area contributed by atoms with Gasteiger partial charge in [0, 0.05) is 4.47 Å². The number of halogens is 1. The highest BCUT2D eigenvalue weighted by molar-refractivity contribution is 9.10. The maximum absolute atomic E-state index is 5.79. The highest BCUT2D eigenvalue weighted by Gasteiger charge is 2.15. The molecule has 1 unspecified atom stereocenters. The van der Waals surface area contributed by atoms with Crippen molar-refractivity contribution in [2.24, 2.45) is 5.84 Å². The van der Waals surface area contributed by atoms with Crippen LogP contribution in [-0.4, -0.2) is 0 Å². The SMILES string of the molecule is Cc1ccc(Br)cc1C(NN)c1ccc(C(C)C)cc1. The second-order valence-electron chi connectivity index (χ2n) is 5.42. The maximum Gasteiger partial charge on any atom is 0.0713 e. The molecular formula is C17H21BrN2. The molecule has 2 aromatic carbocycles. The van der Waals surface area contributed by atoms with Gasteiger partial charge in [-0.1, -0.05) is 60.1 Å². The minimum absolute atomic E-state index is 0.00807. The Morgan fingerprint density at radius 2 is 1.60 bits per heavy atom. The molecule has 0 amide bonds. The normalized spacial score (nSPS) is 12.7. The summed E-state index contributed by atoms with van der Waals surface area (Å²) in [6.45, 7) is 6.51. The zero-order chi connectivity index (χ0) is 14.7. The summed E-state index contributed by atoms with van der Waals surface area (Å²) in [6.07, 6.45) is 0. The lowest BCUT2D eigenvalue weighted by Crippen LogP contribution is -2.29. The van der Waals surface area contributed by atoms with E-state index in [4.69, 9.17) is 5.84 Å². The van der Waals surface area contributed by atoms with Crippen molar-refractivity contribution >= 4 is 15.9 Å². The van der Waals surface area contributed by atoms with Crippen LogP contribution >= 0.6 is 15.9 Å². The van der Waals surface area contributed by atoms with Gasteiger partial charge in [-0.3, -0.25) is 5.84 Å². The number of nitrogens with one attached hydrogen (secondary N) is 1. The molecule has 0 aliphatic rings. The Morgan fingerprint density at radius 1 is 1.00 bits per heavy atom. The van der Waals surface area contributed by atoms with Gasteiger partial charge in [0.15, 0.2) is 0 Å².